The molecule has 1 aromatic heterocycles. The first kappa shape index (κ1) is 21.4. The van der Waals surface area contributed by atoms with Crippen LogP contribution >= 0.6 is 0 Å². The highest BCUT2D eigenvalue weighted by molar-refractivity contribution is 6.28. The van der Waals surface area contributed by atoms with E-state index < -0.39 is 0 Å². The molecule has 0 bridgehead atoms. The molecule has 2 aliphatic rings. The van der Waals surface area contributed by atoms with Gasteiger partial charge in [-0.15, -0.1) is 0 Å². The normalized spacial score (nSPS) is 12.9. The number of hydrogen-bond donors (Lipinski definition) is 0. The van der Waals surface area contributed by atoms with E-state index in [-0.39, 0.29) is 0 Å². The van der Waals surface area contributed by atoms with Gasteiger partial charge in [0.05, 0.1) is 11.0 Å². The molecule has 0 atom stereocenters. The van der Waals surface area contributed by atoms with E-state index in [0.717, 1.165) is 5.57 Å². The van der Waals surface area contributed by atoms with Crippen LogP contribution in [0, 0.1) is 0 Å². The molecule has 7 aromatic carbocycles. The first-order chi connectivity index (χ1) is 20.3. The van der Waals surface area contributed by atoms with Gasteiger partial charge in [0, 0.05) is 21.8 Å². The Morgan fingerprint density at radius 3 is 1.85 bits per heavy atom. The fraction of sp³-hybridized carbons (Fsp3) is 0. The maximum atomic E-state index is 4.52. The molecule has 0 spiro atoms. The quantitative estimate of drug-likeness (QED) is 0.204. The summed E-state index contributed by atoms with van der Waals surface area (Å²) in [6.07, 6.45) is 0. The summed E-state index contributed by atoms with van der Waals surface area (Å²) in [5, 5.41) is 7.76. The number of aromatic nitrogens is 1. The van der Waals surface area contributed by atoms with Crippen molar-refractivity contribution in [1.29, 1.82) is 0 Å². The third kappa shape index (κ3) is 2.61. The van der Waals surface area contributed by atoms with Gasteiger partial charge in [-0.25, -0.2) is 0 Å². The van der Waals surface area contributed by atoms with Crippen LogP contribution in [0.25, 0.3) is 88.0 Å². The molecule has 41 heavy (non-hydrogen) atoms. The fourth-order valence-corrected chi connectivity index (χ4v) is 7.61. The monoisotopic (exact) mass is 517 g/mol. The van der Waals surface area contributed by atoms with E-state index in [1.807, 2.05) is 0 Å². The van der Waals surface area contributed by atoms with E-state index in [4.69, 9.17) is 0 Å². The summed E-state index contributed by atoms with van der Waals surface area (Å²) in [6.45, 7) is 4.52. The highest BCUT2D eigenvalue weighted by Crippen LogP contribution is 2.52. The average molecular weight is 518 g/mol. The van der Waals surface area contributed by atoms with E-state index >= 15 is 0 Å². The minimum absolute atomic E-state index is 1.10. The molecular formula is C40H23N. The van der Waals surface area contributed by atoms with Gasteiger partial charge in [-0.2, -0.15) is 0 Å². The fourth-order valence-electron chi connectivity index (χ4n) is 7.61. The third-order valence-electron chi connectivity index (χ3n) is 9.39. The lowest BCUT2D eigenvalue weighted by atomic mass is 9.98. The van der Waals surface area contributed by atoms with Gasteiger partial charge in [0.1, 0.15) is 0 Å². The second kappa shape index (κ2) is 7.41. The van der Waals surface area contributed by atoms with Crippen molar-refractivity contribution < 1.29 is 0 Å². The molecule has 1 heteroatoms. The zero-order chi connectivity index (χ0) is 26.8. The van der Waals surface area contributed by atoms with E-state index in [2.05, 4.69) is 139 Å². The van der Waals surface area contributed by atoms with Crippen LogP contribution in [0.5, 0.6) is 0 Å². The zero-order valence-corrected chi connectivity index (χ0v) is 22.3. The topological polar surface area (TPSA) is 4.93 Å². The van der Waals surface area contributed by atoms with Gasteiger partial charge >= 0.3 is 0 Å². The first-order valence-electron chi connectivity index (χ1n) is 14.2. The van der Waals surface area contributed by atoms with Crippen LogP contribution in [0.15, 0.2) is 134 Å². The Hall–Kier alpha value is -5.40. The molecule has 0 unspecified atom stereocenters. The standard InChI is InChI=1S/C40H23N/c1-23-27-11-4-5-12-28(27)31-18-17-26(21-34(23)31)41-38-20-25-10-3-2-9-24(25)19-35(38)37-22-36-30-14-7-6-13-29(30)32-15-8-16-33(39(32)36)40(37)41/h2-22H,1H2. The predicted molar refractivity (Wildman–Crippen MR) is 174 cm³/mol. The summed E-state index contributed by atoms with van der Waals surface area (Å²) in [5.74, 6) is 0. The maximum absolute atomic E-state index is 4.52. The lowest BCUT2D eigenvalue weighted by Crippen LogP contribution is -1.96. The van der Waals surface area contributed by atoms with Gasteiger partial charge in [0.15, 0.2) is 0 Å². The van der Waals surface area contributed by atoms with E-state index in [1.165, 1.54) is 93.5 Å². The smallest absolute Gasteiger partial charge is 0.0620 e. The largest absolute Gasteiger partial charge is 0.309 e. The lowest BCUT2D eigenvalue weighted by molar-refractivity contribution is 1.19. The van der Waals surface area contributed by atoms with Gasteiger partial charge in [-0.05, 0) is 96.6 Å². The SMILES string of the molecule is C=C1c2ccccc2-c2ccc(-n3c4cc5ccccc5cc4c4cc5c6c(cccc6c43)-c3ccccc3-5)cc21. The van der Waals surface area contributed by atoms with E-state index in [9.17, 15) is 0 Å². The van der Waals surface area contributed by atoms with Crippen molar-refractivity contribution in [2.75, 3.05) is 0 Å². The van der Waals surface area contributed by atoms with Crippen molar-refractivity contribution in [2.45, 2.75) is 0 Å². The predicted octanol–water partition coefficient (Wildman–Crippen LogP) is 10.8. The van der Waals surface area contributed by atoms with Crippen molar-refractivity contribution in [1.82, 2.24) is 4.57 Å². The minimum atomic E-state index is 1.10. The molecule has 2 aliphatic carbocycles. The molecule has 10 rings (SSSR count). The van der Waals surface area contributed by atoms with Crippen molar-refractivity contribution in [3.05, 3.63) is 145 Å². The average Bonchev–Trinajstić information content (AvgIpc) is 3.63. The Labute approximate surface area is 237 Å². The van der Waals surface area contributed by atoms with Crippen molar-refractivity contribution in [2.24, 2.45) is 0 Å². The second-order valence-corrected chi connectivity index (χ2v) is 11.4. The molecule has 188 valence electrons. The summed E-state index contributed by atoms with van der Waals surface area (Å²) >= 11 is 0. The van der Waals surface area contributed by atoms with Gasteiger partial charge in [-0.3, -0.25) is 0 Å². The Kier molecular flexibility index (Phi) is 3.87. The third-order valence-corrected chi connectivity index (χ3v) is 9.39. The molecule has 1 heterocycles. The number of hydrogen-bond acceptors (Lipinski definition) is 0. The summed E-state index contributed by atoms with van der Waals surface area (Å²) in [6, 6.07) is 47.1. The molecular weight excluding hydrogens is 494 g/mol. The molecule has 0 saturated carbocycles. The Bertz CT molecular complexity index is 2490. The molecule has 0 fully saturated rings. The molecule has 0 amide bonds. The molecule has 0 saturated heterocycles. The van der Waals surface area contributed by atoms with Crippen LogP contribution in [0.4, 0.5) is 0 Å². The first-order valence-corrected chi connectivity index (χ1v) is 14.2. The van der Waals surface area contributed by atoms with Crippen LogP contribution in [-0.4, -0.2) is 4.57 Å². The number of fused-ring (bicyclic) bond motifs is 11. The minimum Gasteiger partial charge on any atom is -0.309 e. The van der Waals surface area contributed by atoms with Crippen LogP contribution in [0.3, 0.4) is 0 Å². The van der Waals surface area contributed by atoms with Crippen LogP contribution < -0.4 is 0 Å². The van der Waals surface area contributed by atoms with Gasteiger partial charge in [0.2, 0.25) is 0 Å². The highest BCUT2D eigenvalue weighted by atomic mass is 15.0. The molecule has 1 nitrogen and oxygen atoms in total. The molecule has 8 aromatic rings. The van der Waals surface area contributed by atoms with E-state index in [1.54, 1.807) is 0 Å². The second-order valence-electron chi connectivity index (χ2n) is 11.4. The molecule has 0 radical (unpaired) electrons. The number of rotatable bonds is 1. The van der Waals surface area contributed by atoms with Gasteiger partial charge < -0.3 is 4.57 Å². The summed E-state index contributed by atoms with van der Waals surface area (Å²) in [4.78, 5) is 0. The van der Waals surface area contributed by atoms with Crippen molar-refractivity contribution in [3.8, 4) is 39.1 Å². The Morgan fingerprint density at radius 1 is 0.415 bits per heavy atom. The van der Waals surface area contributed by atoms with Crippen molar-refractivity contribution in [3.63, 3.8) is 0 Å². The van der Waals surface area contributed by atoms with Gasteiger partial charge in [0.25, 0.3) is 0 Å². The van der Waals surface area contributed by atoms with E-state index in [0.29, 0.717) is 0 Å². The van der Waals surface area contributed by atoms with Crippen LogP contribution in [0.1, 0.15) is 11.1 Å². The Balaban J connectivity index is 1.38. The highest BCUT2D eigenvalue weighted by Gasteiger charge is 2.27. The Morgan fingerprint density at radius 2 is 1.05 bits per heavy atom. The summed E-state index contributed by atoms with van der Waals surface area (Å²) < 4.78 is 2.50. The zero-order valence-electron chi connectivity index (χ0n) is 22.3. The summed E-state index contributed by atoms with van der Waals surface area (Å²) in [7, 11) is 0. The molecule has 0 N–H and O–H groups in total. The van der Waals surface area contributed by atoms with Crippen LogP contribution in [0.2, 0.25) is 0 Å². The number of benzene rings is 7. The van der Waals surface area contributed by atoms with Crippen molar-refractivity contribution >= 4 is 48.9 Å². The van der Waals surface area contributed by atoms with Gasteiger partial charge in [-0.1, -0.05) is 104 Å². The summed E-state index contributed by atoms with van der Waals surface area (Å²) in [5.41, 5.74) is 15.1. The molecule has 0 aliphatic heterocycles. The maximum Gasteiger partial charge on any atom is 0.0620 e. The number of nitrogens with zero attached hydrogens (tertiary/aromatic N) is 1. The lowest BCUT2D eigenvalue weighted by Gasteiger charge is -2.13. The van der Waals surface area contributed by atoms with Crippen LogP contribution in [-0.2, 0) is 0 Å².